The van der Waals surface area contributed by atoms with Crippen molar-refractivity contribution in [2.75, 3.05) is 12.3 Å². The highest BCUT2D eigenvalue weighted by atomic mass is 16.5. The van der Waals surface area contributed by atoms with Gasteiger partial charge in [-0.05, 0) is 12.1 Å². The lowest BCUT2D eigenvalue weighted by atomic mass is 10.2. The Balaban J connectivity index is 2.62. The van der Waals surface area contributed by atoms with Crippen LogP contribution in [0.25, 0.3) is 0 Å². The van der Waals surface area contributed by atoms with Crippen molar-refractivity contribution >= 4 is 11.7 Å². The molecule has 0 aliphatic heterocycles. The summed E-state index contributed by atoms with van der Waals surface area (Å²) in [5.74, 6) is -0.235. The first-order valence-corrected chi connectivity index (χ1v) is 4.79. The Hall–Kier alpha value is -1.77. The Morgan fingerprint density at radius 3 is 2.87 bits per heavy atom. The van der Waals surface area contributed by atoms with E-state index in [2.05, 4.69) is 6.58 Å². The summed E-state index contributed by atoms with van der Waals surface area (Å²) in [4.78, 5) is 11.5. The van der Waals surface area contributed by atoms with E-state index in [1.54, 1.807) is 30.3 Å². The molecule has 1 aromatic carbocycles. The van der Waals surface area contributed by atoms with Crippen molar-refractivity contribution in [3.8, 4) is 0 Å². The van der Waals surface area contributed by atoms with E-state index in [-0.39, 0.29) is 11.9 Å². The fourth-order valence-electron chi connectivity index (χ4n) is 1.04. The number of carbonyl (C=O) groups is 1. The molecule has 0 amide bonds. The highest BCUT2D eigenvalue weighted by molar-refractivity contribution is 5.94. The Kier molecular flexibility index (Phi) is 3.92. The van der Waals surface area contributed by atoms with E-state index in [4.69, 9.17) is 10.5 Å². The maximum Gasteiger partial charge on any atom is 0.340 e. The third kappa shape index (κ3) is 3.13. The van der Waals surface area contributed by atoms with Gasteiger partial charge < -0.3 is 10.5 Å². The summed E-state index contributed by atoms with van der Waals surface area (Å²) >= 11 is 0. The molecule has 1 aromatic rings. The molecule has 2 N–H and O–H groups in total. The van der Waals surface area contributed by atoms with Gasteiger partial charge in [0.25, 0.3) is 0 Å². The second-order valence-electron chi connectivity index (χ2n) is 3.40. The summed E-state index contributed by atoms with van der Waals surface area (Å²) in [5, 5.41) is 0. The number of nitrogen functional groups attached to an aromatic ring is 1. The predicted molar refractivity (Wildman–Crippen MR) is 60.5 cm³/mol. The van der Waals surface area contributed by atoms with Crippen LogP contribution in [0.3, 0.4) is 0 Å². The van der Waals surface area contributed by atoms with Gasteiger partial charge in [0.15, 0.2) is 0 Å². The Bertz CT molecular complexity index is 360. The maximum atomic E-state index is 11.5. The average molecular weight is 205 g/mol. The number of benzene rings is 1. The van der Waals surface area contributed by atoms with Crippen LogP contribution in [0.1, 0.15) is 17.3 Å². The van der Waals surface area contributed by atoms with Crippen LogP contribution in [0.4, 0.5) is 5.69 Å². The van der Waals surface area contributed by atoms with Crippen LogP contribution in [0.15, 0.2) is 36.9 Å². The molecule has 1 rings (SSSR count). The number of esters is 1. The van der Waals surface area contributed by atoms with Crippen molar-refractivity contribution in [2.24, 2.45) is 5.92 Å². The van der Waals surface area contributed by atoms with Crippen molar-refractivity contribution in [2.45, 2.75) is 6.92 Å². The number of carbonyl (C=O) groups excluding carboxylic acids is 1. The molecule has 3 nitrogen and oxygen atoms in total. The molecule has 15 heavy (non-hydrogen) atoms. The Morgan fingerprint density at radius 1 is 1.60 bits per heavy atom. The van der Waals surface area contributed by atoms with Crippen LogP contribution in [-0.4, -0.2) is 12.6 Å². The molecule has 0 heterocycles. The minimum Gasteiger partial charge on any atom is -0.461 e. The number of anilines is 1. The molecule has 0 aliphatic rings. The number of para-hydroxylation sites is 1. The van der Waals surface area contributed by atoms with Crippen LogP contribution in [-0.2, 0) is 4.74 Å². The van der Waals surface area contributed by atoms with E-state index in [0.29, 0.717) is 17.9 Å². The van der Waals surface area contributed by atoms with Gasteiger partial charge in [-0.3, -0.25) is 0 Å². The monoisotopic (exact) mass is 205 g/mol. The van der Waals surface area contributed by atoms with Gasteiger partial charge in [0, 0.05) is 11.6 Å². The Labute approximate surface area is 89.5 Å². The van der Waals surface area contributed by atoms with Crippen LogP contribution < -0.4 is 5.73 Å². The topological polar surface area (TPSA) is 52.3 Å². The van der Waals surface area contributed by atoms with Gasteiger partial charge in [0.05, 0.1) is 12.2 Å². The normalized spacial score (nSPS) is 11.8. The van der Waals surface area contributed by atoms with E-state index in [9.17, 15) is 4.79 Å². The van der Waals surface area contributed by atoms with Crippen molar-refractivity contribution in [3.05, 3.63) is 42.5 Å². The number of hydrogen-bond donors (Lipinski definition) is 1. The van der Waals surface area contributed by atoms with E-state index in [1.807, 2.05) is 6.92 Å². The van der Waals surface area contributed by atoms with Crippen molar-refractivity contribution in [1.82, 2.24) is 0 Å². The minimum atomic E-state index is -0.387. The smallest absolute Gasteiger partial charge is 0.340 e. The highest BCUT2D eigenvalue weighted by Gasteiger charge is 2.10. The van der Waals surface area contributed by atoms with Gasteiger partial charge in [0.1, 0.15) is 0 Å². The summed E-state index contributed by atoms with van der Waals surface area (Å²) in [6, 6.07) is 6.85. The Morgan fingerprint density at radius 2 is 2.27 bits per heavy atom. The van der Waals surface area contributed by atoms with E-state index < -0.39 is 0 Å². The molecule has 80 valence electrons. The number of ether oxygens (including phenoxy) is 1. The SMILES string of the molecule is C=CC(C)COC(=O)c1ccccc1N. The molecule has 0 bridgehead atoms. The minimum absolute atomic E-state index is 0.152. The fourth-order valence-corrected chi connectivity index (χ4v) is 1.04. The number of hydrogen-bond acceptors (Lipinski definition) is 3. The molecule has 0 radical (unpaired) electrons. The van der Waals surface area contributed by atoms with E-state index >= 15 is 0 Å². The third-order valence-corrected chi connectivity index (χ3v) is 2.06. The van der Waals surface area contributed by atoms with Crippen LogP contribution >= 0.6 is 0 Å². The summed E-state index contributed by atoms with van der Waals surface area (Å²) in [7, 11) is 0. The molecule has 1 unspecified atom stereocenters. The van der Waals surface area contributed by atoms with Crippen molar-refractivity contribution in [1.29, 1.82) is 0 Å². The lowest BCUT2D eigenvalue weighted by Crippen LogP contribution is -2.12. The molecule has 3 heteroatoms. The summed E-state index contributed by atoms with van der Waals surface area (Å²) in [6.07, 6.45) is 1.74. The molecule has 0 aliphatic carbocycles. The van der Waals surface area contributed by atoms with Gasteiger partial charge in [0.2, 0.25) is 0 Å². The van der Waals surface area contributed by atoms with Gasteiger partial charge in [-0.2, -0.15) is 0 Å². The molecular formula is C12H15NO2. The van der Waals surface area contributed by atoms with Gasteiger partial charge >= 0.3 is 5.97 Å². The summed E-state index contributed by atoms with van der Waals surface area (Å²) in [5.41, 5.74) is 6.49. The maximum absolute atomic E-state index is 11.5. The fraction of sp³-hybridized carbons (Fsp3) is 0.250. The van der Waals surface area contributed by atoms with E-state index in [1.165, 1.54) is 0 Å². The molecule has 0 fully saturated rings. The van der Waals surface area contributed by atoms with Crippen LogP contribution in [0, 0.1) is 5.92 Å². The second kappa shape index (κ2) is 5.20. The molecule has 0 saturated carbocycles. The summed E-state index contributed by atoms with van der Waals surface area (Å²) in [6.45, 7) is 5.87. The largest absolute Gasteiger partial charge is 0.461 e. The molecule has 0 aromatic heterocycles. The second-order valence-corrected chi connectivity index (χ2v) is 3.40. The average Bonchev–Trinajstić information content (AvgIpc) is 2.26. The van der Waals surface area contributed by atoms with E-state index in [0.717, 1.165) is 0 Å². The quantitative estimate of drug-likeness (QED) is 0.466. The van der Waals surface area contributed by atoms with Gasteiger partial charge in [-0.25, -0.2) is 4.79 Å². The van der Waals surface area contributed by atoms with Crippen LogP contribution in [0.2, 0.25) is 0 Å². The van der Waals surface area contributed by atoms with Gasteiger partial charge in [-0.15, -0.1) is 6.58 Å². The lowest BCUT2D eigenvalue weighted by molar-refractivity contribution is 0.0474. The molecule has 0 spiro atoms. The predicted octanol–water partition coefficient (Wildman–Crippen LogP) is 2.25. The zero-order chi connectivity index (χ0) is 11.3. The first-order chi connectivity index (χ1) is 7.15. The molecular weight excluding hydrogens is 190 g/mol. The van der Waals surface area contributed by atoms with Crippen molar-refractivity contribution < 1.29 is 9.53 Å². The lowest BCUT2D eigenvalue weighted by Gasteiger charge is -2.08. The zero-order valence-corrected chi connectivity index (χ0v) is 8.77. The number of rotatable bonds is 4. The van der Waals surface area contributed by atoms with Gasteiger partial charge in [-0.1, -0.05) is 25.1 Å². The first kappa shape index (κ1) is 11.3. The first-order valence-electron chi connectivity index (χ1n) is 4.79. The highest BCUT2D eigenvalue weighted by Crippen LogP contribution is 2.12. The van der Waals surface area contributed by atoms with Crippen LogP contribution in [0.5, 0.6) is 0 Å². The number of nitrogens with two attached hydrogens (primary N) is 1. The molecule has 0 saturated heterocycles. The van der Waals surface area contributed by atoms with Crippen molar-refractivity contribution in [3.63, 3.8) is 0 Å². The standard InChI is InChI=1S/C12H15NO2/c1-3-9(2)8-15-12(14)10-6-4-5-7-11(10)13/h3-7,9H,1,8,13H2,2H3. The molecule has 1 atom stereocenters. The zero-order valence-electron chi connectivity index (χ0n) is 8.77. The third-order valence-electron chi connectivity index (χ3n) is 2.06. The summed E-state index contributed by atoms with van der Waals surface area (Å²) < 4.78 is 5.07.